The van der Waals surface area contributed by atoms with Crippen LogP contribution < -0.4 is 10.1 Å². The van der Waals surface area contributed by atoms with Gasteiger partial charge in [-0.15, -0.1) is 0 Å². The standard InChI is InChI=1S/C14H18FNO/c15-13-5-1-4-12-10(6-8-17-14(12)13)9-11-3-2-7-16-11/h1,4-5,10-11,16H,2-3,6-9H2. The van der Waals surface area contributed by atoms with Crippen LogP contribution in [-0.2, 0) is 0 Å². The first-order chi connectivity index (χ1) is 8.34. The number of hydrogen-bond acceptors (Lipinski definition) is 2. The second-order valence-corrected chi connectivity index (χ2v) is 5.02. The summed E-state index contributed by atoms with van der Waals surface area (Å²) in [5.41, 5.74) is 1.06. The summed E-state index contributed by atoms with van der Waals surface area (Å²) in [6.07, 6.45) is 4.64. The monoisotopic (exact) mass is 235 g/mol. The summed E-state index contributed by atoms with van der Waals surface area (Å²) < 4.78 is 19.1. The van der Waals surface area contributed by atoms with Gasteiger partial charge in [-0.25, -0.2) is 4.39 Å². The Morgan fingerprint density at radius 3 is 3.12 bits per heavy atom. The smallest absolute Gasteiger partial charge is 0.165 e. The predicted octanol–water partition coefficient (Wildman–Crippen LogP) is 2.83. The third-order valence-corrected chi connectivity index (χ3v) is 3.88. The highest BCUT2D eigenvalue weighted by molar-refractivity contribution is 5.39. The molecule has 0 amide bonds. The molecule has 2 unspecified atom stereocenters. The SMILES string of the molecule is Fc1cccc2c1OCCC2CC1CCCN1. The zero-order valence-electron chi connectivity index (χ0n) is 9.92. The fraction of sp³-hybridized carbons (Fsp3) is 0.571. The Bertz CT molecular complexity index is 401. The van der Waals surface area contributed by atoms with Crippen LogP contribution in [0.1, 0.15) is 37.2 Å². The third-order valence-electron chi connectivity index (χ3n) is 3.88. The predicted molar refractivity (Wildman–Crippen MR) is 64.9 cm³/mol. The first kappa shape index (κ1) is 11.0. The molecule has 2 nitrogen and oxygen atoms in total. The summed E-state index contributed by atoms with van der Waals surface area (Å²) in [6, 6.07) is 5.89. The molecule has 1 aromatic rings. The van der Waals surface area contributed by atoms with Gasteiger partial charge in [0.1, 0.15) is 0 Å². The number of halogens is 1. The minimum atomic E-state index is -0.216. The highest BCUT2D eigenvalue weighted by Crippen LogP contribution is 2.38. The maximum absolute atomic E-state index is 13.6. The molecule has 0 aliphatic carbocycles. The molecule has 1 fully saturated rings. The average molecular weight is 235 g/mol. The molecule has 2 aliphatic heterocycles. The number of nitrogens with one attached hydrogen (secondary N) is 1. The van der Waals surface area contributed by atoms with Crippen LogP contribution >= 0.6 is 0 Å². The average Bonchev–Trinajstić information content (AvgIpc) is 2.83. The van der Waals surface area contributed by atoms with Crippen LogP contribution in [0.15, 0.2) is 18.2 Å². The summed E-state index contributed by atoms with van der Waals surface area (Å²) in [6.45, 7) is 1.77. The topological polar surface area (TPSA) is 21.3 Å². The van der Waals surface area contributed by atoms with Crippen molar-refractivity contribution >= 4 is 0 Å². The molecule has 1 saturated heterocycles. The number of fused-ring (bicyclic) bond motifs is 1. The molecule has 0 aromatic heterocycles. The minimum absolute atomic E-state index is 0.216. The molecule has 2 aliphatic rings. The van der Waals surface area contributed by atoms with Gasteiger partial charge in [-0.1, -0.05) is 12.1 Å². The molecule has 2 atom stereocenters. The third kappa shape index (κ3) is 2.16. The van der Waals surface area contributed by atoms with E-state index in [1.807, 2.05) is 6.07 Å². The number of benzene rings is 1. The zero-order valence-corrected chi connectivity index (χ0v) is 9.92. The Balaban J connectivity index is 1.81. The molecule has 2 heterocycles. The Morgan fingerprint density at radius 2 is 2.29 bits per heavy atom. The fourth-order valence-electron chi connectivity index (χ4n) is 3.00. The van der Waals surface area contributed by atoms with E-state index in [0.29, 0.717) is 24.3 Å². The van der Waals surface area contributed by atoms with Crippen molar-refractivity contribution in [3.8, 4) is 5.75 Å². The van der Waals surface area contributed by atoms with Crippen molar-refractivity contribution in [2.24, 2.45) is 0 Å². The molecule has 0 bridgehead atoms. The number of hydrogen-bond donors (Lipinski definition) is 1. The van der Waals surface area contributed by atoms with Crippen LogP contribution in [0.25, 0.3) is 0 Å². The Hall–Kier alpha value is -1.09. The van der Waals surface area contributed by atoms with E-state index in [1.165, 1.54) is 18.9 Å². The van der Waals surface area contributed by atoms with Gasteiger partial charge >= 0.3 is 0 Å². The normalized spacial score (nSPS) is 27.6. The van der Waals surface area contributed by atoms with Gasteiger partial charge in [-0.2, -0.15) is 0 Å². The highest BCUT2D eigenvalue weighted by atomic mass is 19.1. The van der Waals surface area contributed by atoms with E-state index in [-0.39, 0.29) is 5.82 Å². The largest absolute Gasteiger partial charge is 0.490 e. The molecule has 0 spiro atoms. The van der Waals surface area contributed by atoms with Crippen molar-refractivity contribution in [2.75, 3.05) is 13.2 Å². The molecule has 3 rings (SSSR count). The zero-order chi connectivity index (χ0) is 11.7. The van der Waals surface area contributed by atoms with Crippen LogP contribution in [0.3, 0.4) is 0 Å². The van der Waals surface area contributed by atoms with Crippen molar-refractivity contribution in [1.82, 2.24) is 5.32 Å². The fourth-order valence-corrected chi connectivity index (χ4v) is 3.00. The summed E-state index contributed by atoms with van der Waals surface area (Å²) in [7, 11) is 0. The van der Waals surface area contributed by atoms with Crippen molar-refractivity contribution in [2.45, 2.75) is 37.6 Å². The van der Waals surface area contributed by atoms with E-state index in [1.54, 1.807) is 6.07 Å². The second-order valence-electron chi connectivity index (χ2n) is 5.02. The van der Waals surface area contributed by atoms with Gasteiger partial charge in [-0.3, -0.25) is 0 Å². The number of rotatable bonds is 2. The van der Waals surface area contributed by atoms with E-state index in [9.17, 15) is 4.39 Å². The lowest BCUT2D eigenvalue weighted by atomic mass is 9.87. The summed E-state index contributed by atoms with van der Waals surface area (Å²) in [4.78, 5) is 0. The summed E-state index contributed by atoms with van der Waals surface area (Å²) >= 11 is 0. The second kappa shape index (κ2) is 4.65. The van der Waals surface area contributed by atoms with Crippen molar-refractivity contribution < 1.29 is 9.13 Å². The minimum Gasteiger partial charge on any atom is -0.490 e. The van der Waals surface area contributed by atoms with E-state index in [0.717, 1.165) is 24.9 Å². The van der Waals surface area contributed by atoms with Crippen LogP contribution in [0.2, 0.25) is 0 Å². The molecular weight excluding hydrogens is 217 g/mol. The molecular formula is C14H18FNO. The molecule has 1 aromatic carbocycles. The Kier molecular flexibility index (Phi) is 3.02. The maximum atomic E-state index is 13.6. The van der Waals surface area contributed by atoms with Gasteiger partial charge in [-0.05, 0) is 44.2 Å². The molecule has 3 heteroatoms. The molecule has 1 N–H and O–H groups in total. The van der Waals surface area contributed by atoms with Gasteiger partial charge in [0.15, 0.2) is 11.6 Å². The van der Waals surface area contributed by atoms with Crippen LogP contribution in [0.4, 0.5) is 4.39 Å². The van der Waals surface area contributed by atoms with E-state index in [4.69, 9.17) is 4.74 Å². The lowest BCUT2D eigenvalue weighted by Crippen LogP contribution is -2.26. The van der Waals surface area contributed by atoms with Crippen molar-refractivity contribution in [3.63, 3.8) is 0 Å². The van der Waals surface area contributed by atoms with E-state index >= 15 is 0 Å². The molecule has 0 radical (unpaired) electrons. The van der Waals surface area contributed by atoms with Crippen molar-refractivity contribution in [3.05, 3.63) is 29.6 Å². The highest BCUT2D eigenvalue weighted by Gasteiger charge is 2.27. The Morgan fingerprint density at radius 1 is 1.35 bits per heavy atom. The van der Waals surface area contributed by atoms with E-state index in [2.05, 4.69) is 5.32 Å². The number of ether oxygens (including phenoxy) is 1. The quantitative estimate of drug-likeness (QED) is 0.851. The first-order valence-corrected chi connectivity index (χ1v) is 6.49. The molecule has 17 heavy (non-hydrogen) atoms. The van der Waals surface area contributed by atoms with Gasteiger partial charge in [0.2, 0.25) is 0 Å². The van der Waals surface area contributed by atoms with E-state index < -0.39 is 0 Å². The lowest BCUT2D eigenvalue weighted by Gasteiger charge is -2.28. The molecule has 92 valence electrons. The summed E-state index contributed by atoms with van der Waals surface area (Å²) in [5.74, 6) is 0.721. The van der Waals surface area contributed by atoms with Gasteiger partial charge < -0.3 is 10.1 Å². The van der Waals surface area contributed by atoms with Crippen LogP contribution in [0.5, 0.6) is 5.75 Å². The van der Waals surface area contributed by atoms with Crippen LogP contribution in [-0.4, -0.2) is 19.2 Å². The lowest BCUT2D eigenvalue weighted by molar-refractivity contribution is 0.245. The van der Waals surface area contributed by atoms with Crippen LogP contribution in [0, 0.1) is 5.82 Å². The van der Waals surface area contributed by atoms with Crippen molar-refractivity contribution in [1.29, 1.82) is 0 Å². The maximum Gasteiger partial charge on any atom is 0.165 e. The van der Waals surface area contributed by atoms with Gasteiger partial charge in [0.25, 0.3) is 0 Å². The number of para-hydroxylation sites is 1. The molecule has 0 saturated carbocycles. The first-order valence-electron chi connectivity index (χ1n) is 6.49. The Labute approximate surface area is 101 Å². The van der Waals surface area contributed by atoms with Gasteiger partial charge in [0, 0.05) is 11.6 Å². The summed E-state index contributed by atoms with van der Waals surface area (Å²) in [5, 5.41) is 3.51. The van der Waals surface area contributed by atoms with Gasteiger partial charge in [0.05, 0.1) is 6.61 Å².